The number of alkyl halides is 1. The second-order valence-electron chi connectivity index (χ2n) is 7.12. The monoisotopic (exact) mass is 393 g/mol. The number of nitrogens with zero attached hydrogens (tertiary/aromatic N) is 6. The fraction of sp³-hybridized carbons (Fsp3) is 0.350. The Morgan fingerprint density at radius 2 is 2.21 bits per heavy atom. The maximum atomic E-state index is 13.3. The average molecular weight is 393 g/mol. The van der Waals surface area contributed by atoms with Crippen LogP contribution in [0.15, 0.2) is 24.7 Å². The van der Waals surface area contributed by atoms with Gasteiger partial charge in [0, 0.05) is 20.2 Å². The van der Waals surface area contributed by atoms with Gasteiger partial charge in [-0.05, 0) is 24.5 Å². The molecule has 29 heavy (non-hydrogen) atoms. The minimum atomic E-state index is -1.09. The lowest BCUT2D eigenvalue weighted by atomic mass is 10.1. The number of carbonyl (C=O) groups is 1. The highest BCUT2D eigenvalue weighted by atomic mass is 19.1. The van der Waals surface area contributed by atoms with E-state index in [1.165, 1.54) is 0 Å². The Labute approximate surface area is 167 Å². The molecule has 1 amide bonds. The molecule has 0 aromatic carbocycles. The molecule has 1 aliphatic carbocycles. The summed E-state index contributed by atoms with van der Waals surface area (Å²) in [7, 11) is 3.70. The number of hydrogen-bond acceptors (Lipinski definition) is 6. The molecule has 2 atom stereocenters. The number of fused-ring (bicyclic) bond motifs is 1. The summed E-state index contributed by atoms with van der Waals surface area (Å²) < 4.78 is 15.1. The van der Waals surface area contributed by atoms with Crippen molar-refractivity contribution in [3.05, 3.63) is 35.9 Å². The van der Waals surface area contributed by atoms with E-state index in [0.717, 1.165) is 16.8 Å². The molecule has 8 nitrogen and oxygen atoms in total. The van der Waals surface area contributed by atoms with Crippen LogP contribution in [-0.4, -0.2) is 38.6 Å². The van der Waals surface area contributed by atoms with Crippen molar-refractivity contribution in [3.8, 4) is 6.07 Å². The molecule has 3 aromatic heterocycles. The first-order chi connectivity index (χ1) is 13.9. The van der Waals surface area contributed by atoms with Gasteiger partial charge in [0.1, 0.15) is 29.3 Å². The molecule has 3 aromatic rings. The van der Waals surface area contributed by atoms with Gasteiger partial charge in [0.05, 0.1) is 29.6 Å². The maximum Gasteiger partial charge on any atom is 0.231 e. The summed E-state index contributed by atoms with van der Waals surface area (Å²) in [5.74, 6) is -0.128. The first-order valence-electron chi connectivity index (χ1n) is 9.32. The Balaban J connectivity index is 1.76. The number of hydrogen-bond donors (Lipinski definition) is 1. The number of aromatic nitrogens is 4. The zero-order valence-corrected chi connectivity index (χ0v) is 16.3. The van der Waals surface area contributed by atoms with E-state index in [2.05, 4.69) is 26.3 Å². The third kappa shape index (κ3) is 3.38. The fourth-order valence-corrected chi connectivity index (χ4v) is 3.28. The standard InChI is InChI=1S/C20H20FN7O/c1-4-11-5-12(8-22)23-9-16(11)28(3)17-7-15-18(24-10-27(15)2)19(25-17)26-20(29)13-6-14(13)21/h5,7,9-10,13-14H,4,6H2,1-3H3,(H,25,26,29)/t13-,14+/m0/s1. The number of nitriles is 1. The molecule has 0 radical (unpaired) electrons. The third-order valence-electron chi connectivity index (χ3n) is 5.16. The predicted octanol–water partition coefficient (Wildman–Crippen LogP) is 2.86. The minimum Gasteiger partial charge on any atom is -0.334 e. The van der Waals surface area contributed by atoms with Gasteiger partial charge >= 0.3 is 0 Å². The molecule has 1 fully saturated rings. The van der Waals surface area contributed by atoms with E-state index >= 15 is 0 Å². The molecule has 1 aliphatic rings. The van der Waals surface area contributed by atoms with Crippen LogP contribution in [0, 0.1) is 17.2 Å². The molecule has 0 saturated heterocycles. The van der Waals surface area contributed by atoms with Crippen molar-refractivity contribution in [2.24, 2.45) is 13.0 Å². The SMILES string of the molecule is CCc1cc(C#N)ncc1N(C)c1cc2c(ncn2C)c(NC(=O)[C@H]2C[C@H]2F)n1. The van der Waals surface area contributed by atoms with Crippen molar-refractivity contribution in [1.82, 2.24) is 19.5 Å². The molecular weight excluding hydrogens is 373 g/mol. The van der Waals surface area contributed by atoms with Crippen molar-refractivity contribution in [1.29, 1.82) is 5.26 Å². The number of pyridine rings is 2. The Kier molecular flexibility index (Phi) is 4.62. The second kappa shape index (κ2) is 7.13. The topological polar surface area (TPSA) is 99.7 Å². The van der Waals surface area contributed by atoms with Crippen LogP contribution in [0.3, 0.4) is 0 Å². The molecule has 0 spiro atoms. The van der Waals surface area contributed by atoms with Gasteiger partial charge in [-0.15, -0.1) is 0 Å². The van der Waals surface area contributed by atoms with Crippen LogP contribution < -0.4 is 10.2 Å². The van der Waals surface area contributed by atoms with E-state index in [9.17, 15) is 9.18 Å². The number of anilines is 3. The average Bonchev–Trinajstić information content (AvgIpc) is 3.36. The van der Waals surface area contributed by atoms with Gasteiger partial charge in [0.25, 0.3) is 0 Å². The van der Waals surface area contributed by atoms with Crippen molar-refractivity contribution >= 4 is 34.3 Å². The third-order valence-corrected chi connectivity index (χ3v) is 5.16. The van der Waals surface area contributed by atoms with Gasteiger partial charge in [0.15, 0.2) is 5.82 Å². The first-order valence-corrected chi connectivity index (χ1v) is 9.32. The van der Waals surface area contributed by atoms with E-state index in [4.69, 9.17) is 5.26 Å². The molecule has 0 unspecified atom stereocenters. The van der Waals surface area contributed by atoms with E-state index in [0.29, 0.717) is 29.3 Å². The van der Waals surface area contributed by atoms with Crippen LogP contribution >= 0.6 is 0 Å². The lowest BCUT2D eigenvalue weighted by Crippen LogP contribution is -2.19. The van der Waals surface area contributed by atoms with Crippen LogP contribution in [0.1, 0.15) is 24.6 Å². The zero-order chi connectivity index (χ0) is 20.7. The highest BCUT2D eigenvalue weighted by Crippen LogP contribution is 2.36. The van der Waals surface area contributed by atoms with Gasteiger partial charge < -0.3 is 14.8 Å². The van der Waals surface area contributed by atoms with Gasteiger partial charge in [-0.3, -0.25) is 4.79 Å². The number of imidazole rings is 1. The van der Waals surface area contributed by atoms with Crippen LogP contribution in [0.25, 0.3) is 11.0 Å². The highest BCUT2D eigenvalue weighted by molar-refractivity contribution is 6.01. The van der Waals surface area contributed by atoms with Gasteiger partial charge in [0.2, 0.25) is 5.91 Å². The first kappa shape index (κ1) is 18.8. The summed E-state index contributed by atoms with van der Waals surface area (Å²) in [6, 6.07) is 5.67. The summed E-state index contributed by atoms with van der Waals surface area (Å²) in [5, 5.41) is 11.8. The van der Waals surface area contributed by atoms with Crippen LogP contribution in [-0.2, 0) is 18.3 Å². The van der Waals surface area contributed by atoms with Crippen LogP contribution in [0.4, 0.5) is 21.7 Å². The summed E-state index contributed by atoms with van der Waals surface area (Å²) >= 11 is 0. The normalized spacial score (nSPS) is 17.8. The Hall–Kier alpha value is -3.54. The summed E-state index contributed by atoms with van der Waals surface area (Å²) in [4.78, 5) is 27.2. The summed E-state index contributed by atoms with van der Waals surface area (Å²) in [6.45, 7) is 2.00. The molecule has 1 N–H and O–H groups in total. The lowest BCUT2D eigenvalue weighted by molar-refractivity contribution is -0.117. The number of halogens is 1. The summed E-state index contributed by atoms with van der Waals surface area (Å²) in [6.07, 6.45) is 3.16. The molecule has 0 bridgehead atoms. The number of amides is 1. The van der Waals surface area contributed by atoms with Gasteiger partial charge in [-0.2, -0.15) is 5.26 Å². The number of carbonyl (C=O) groups excluding carboxylic acids is 1. The van der Waals surface area contributed by atoms with E-state index in [1.807, 2.05) is 36.6 Å². The Bertz CT molecular complexity index is 1150. The smallest absolute Gasteiger partial charge is 0.231 e. The molecule has 3 heterocycles. The van der Waals surface area contributed by atoms with Crippen LogP contribution in [0.2, 0.25) is 0 Å². The van der Waals surface area contributed by atoms with Gasteiger partial charge in [-0.1, -0.05) is 6.92 Å². The van der Waals surface area contributed by atoms with E-state index < -0.39 is 12.1 Å². The largest absolute Gasteiger partial charge is 0.334 e. The van der Waals surface area contributed by atoms with Crippen molar-refractivity contribution in [3.63, 3.8) is 0 Å². The van der Waals surface area contributed by atoms with E-state index in [-0.39, 0.29) is 12.3 Å². The minimum absolute atomic E-state index is 0.244. The van der Waals surface area contributed by atoms with Crippen LogP contribution in [0.5, 0.6) is 0 Å². The molecule has 148 valence electrons. The zero-order valence-electron chi connectivity index (χ0n) is 16.3. The van der Waals surface area contributed by atoms with Gasteiger partial charge in [-0.25, -0.2) is 19.3 Å². The second-order valence-corrected chi connectivity index (χ2v) is 7.12. The van der Waals surface area contributed by atoms with Crippen molar-refractivity contribution in [2.45, 2.75) is 25.9 Å². The Morgan fingerprint density at radius 1 is 1.45 bits per heavy atom. The molecule has 4 rings (SSSR count). The fourth-order valence-electron chi connectivity index (χ4n) is 3.28. The summed E-state index contributed by atoms with van der Waals surface area (Å²) in [5.41, 5.74) is 3.44. The maximum absolute atomic E-state index is 13.3. The Morgan fingerprint density at radius 3 is 2.86 bits per heavy atom. The van der Waals surface area contributed by atoms with Crippen molar-refractivity contribution < 1.29 is 9.18 Å². The van der Waals surface area contributed by atoms with Crippen molar-refractivity contribution in [2.75, 3.05) is 17.3 Å². The van der Waals surface area contributed by atoms with E-state index in [1.54, 1.807) is 18.6 Å². The number of rotatable bonds is 5. The quantitative estimate of drug-likeness (QED) is 0.715. The molecule has 9 heteroatoms. The molecule has 1 saturated carbocycles. The molecule has 0 aliphatic heterocycles. The lowest BCUT2D eigenvalue weighted by Gasteiger charge is -2.22. The number of nitrogens with one attached hydrogen (secondary N) is 1. The number of aryl methyl sites for hydroxylation is 2. The predicted molar refractivity (Wildman–Crippen MR) is 107 cm³/mol. The molecular formula is C20H20FN7O. The highest BCUT2D eigenvalue weighted by Gasteiger charge is 2.44.